The van der Waals surface area contributed by atoms with Crippen molar-refractivity contribution in [3.05, 3.63) is 0 Å². The average Bonchev–Trinajstić information content (AvgIpc) is 2.42. The number of nitrogens with two attached hydrogens (primary N) is 1. The van der Waals surface area contributed by atoms with Crippen molar-refractivity contribution in [1.29, 1.82) is 0 Å². The summed E-state index contributed by atoms with van der Waals surface area (Å²) >= 11 is 0. The zero-order valence-electron chi connectivity index (χ0n) is 14.5. The van der Waals surface area contributed by atoms with Gasteiger partial charge in [-0.1, -0.05) is 25.4 Å². The fourth-order valence-electron chi connectivity index (χ4n) is 2.81. The molecule has 124 valence electrons. The molecular weight excluding hydrogens is 264 g/mol. The molecule has 0 atom stereocenters. The van der Waals surface area contributed by atoms with E-state index in [1.54, 1.807) is 0 Å². The maximum absolute atomic E-state index is 8.77. The van der Waals surface area contributed by atoms with Crippen LogP contribution in [0.3, 0.4) is 0 Å². The molecule has 1 aliphatic rings. The Morgan fingerprint density at radius 2 is 1.62 bits per heavy atom. The summed E-state index contributed by atoms with van der Waals surface area (Å²) in [7, 11) is 0. The molecule has 0 amide bonds. The van der Waals surface area contributed by atoms with Crippen LogP contribution in [0.15, 0.2) is 5.16 Å². The molecule has 0 spiro atoms. The van der Waals surface area contributed by atoms with Crippen LogP contribution in [-0.4, -0.2) is 59.1 Å². The summed E-state index contributed by atoms with van der Waals surface area (Å²) in [5.41, 5.74) is 5.80. The van der Waals surface area contributed by atoms with Crippen molar-refractivity contribution in [3.63, 3.8) is 0 Å². The number of oxime groups is 1. The van der Waals surface area contributed by atoms with E-state index in [9.17, 15) is 0 Å². The van der Waals surface area contributed by atoms with E-state index >= 15 is 0 Å². The van der Waals surface area contributed by atoms with Crippen LogP contribution >= 0.6 is 0 Å². The van der Waals surface area contributed by atoms with Gasteiger partial charge in [-0.2, -0.15) is 0 Å². The van der Waals surface area contributed by atoms with E-state index in [0.29, 0.717) is 5.84 Å². The number of rotatable bonds is 6. The lowest BCUT2D eigenvalue weighted by Crippen LogP contribution is -2.53. The third-order valence-corrected chi connectivity index (χ3v) is 4.65. The van der Waals surface area contributed by atoms with Crippen molar-refractivity contribution < 1.29 is 5.21 Å². The highest BCUT2D eigenvalue weighted by atomic mass is 16.4. The average molecular weight is 298 g/mol. The van der Waals surface area contributed by atoms with Gasteiger partial charge in [-0.3, -0.25) is 4.90 Å². The monoisotopic (exact) mass is 298 g/mol. The van der Waals surface area contributed by atoms with Gasteiger partial charge in [0.15, 0.2) is 0 Å². The minimum Gasteiger partial charge on any atom is -0.409 e. The van der Waals surface area contributed by atoms with E-state index in [4.69, 9.17) is 10.9 Å². The summed E-state index contributed by atoms with van der Waals surface area (Å²) in [4.78, 5) is 5.11. The standard InChI is InChI=1S/C16H34N4O/c1-15(2,3)20-12-10-19(11-13-20)9-7-6-8-16(4,5)14(17)18-21/h21H,6-13H2,1-5H3,(H2,17,18). The van der Waals surface area contributed by atoms with Gasteiger partial charge in [0.1, 0.15) is 5.84 Å². The SMILES string of the molecule is CC(C)(CCCCN1CCN(C(C)(C)C)CC1)C(N)=NO. The normalized spacial score (nSPS) is 20.0. The van der Waals surface area contributed by atoms with Gasteiger partial charge in [-0.15, -0.1) is 0 Å². The zero-order chi connectivity index (χ0) is 16.1. The Morgan fingerprint density at radius 3 is 2.10 bits per heavy atom. The number of nitrogens with zero attached hydrogens (tertiary/aromatic N) is 3. The lowest BCUT2D eigenvalue weighted by Gasteiger charge is -2.42. The molecule has 1 fully saturated rings. The highest BCUT2D eigenvalue weighted by Gasteiger charge is 2.26. The van der Waals surface area contributed by atoms with Crippen LogP contribution in [0.5, 0.6) is 0 Å². The van der Waals surface area contributed by atoms with Gasteiger partial charge in [0.05, 0.1) is 0 Å². The van der Waals surface area contributed by atoms with E-state index in [2.05, 4.69) is 35.7 Å². The predicted octanol–water partition coefficient (Wildman–Crippen LogP) is 2.35. The summed E-state index contributed by atoms with van der Waals surface area (Å²) < 4.78 is 0. The van der Waals surface area contributed by atoms with Gasteiger partial charge in [-0.25, -0.2) is 0 Å². The molecule has 21 heavy (non-hydrogen) atoms. The van der Waals surface area contributed by atoms with Crippen molar-refractivity contribution in [2.45, 2.75) is 59.4 Å². The van der Waals surface area contributed by atoms with E-state index in [1.807, 2.05) is 13.8 Å². The predicted molar refractivity (Wildman–Crippen MR) is 88.8 cm³/mol. The molecule has 5 nitrogen and oxygen atoms in total. The summed E-state index contributed by atoms with van der Waals surface area (Å²) in [6.07, 6.45) is 3.26. The molecule has 0 saturated carbocycles. The molecule has 1 saturated heterocycles. The zero-order valence-corrected chi connectivity index (χ0v) is 14.5. The first-order valence-electron chi connectivity index (χ1n) is 8.12. The Bertz CT molecular complexity index is 339. The Morgan fingerprint density at radius 1 is 1.05 bits per heavy atom. The second kappa shape index (κ2) is 7.45. The summed E-state index contributed by atoms with van der Waals surface area (Å²) in [6.45, 7) is 16.8. The molecule has 1 heterocycles. The maximum Gasteiger partial charge on any atom is 0.144 e. The number of hydrogen-bond donors (Lipinski definition) is 2. The van der Waals surface area contributed by atoms with Crippen LogP contribution in [0.25, 0.3) is 0 Å². The quantitative estimate of drug-likeness (QED) is 0.260. The molecular formula is C16H34N4O. The second-order valence-corrected chi connectivity index (χ2v) is 7.83. The summed E-state index contributed by atoms with van der Waals surface area (Å²) in [5.74, 6) is 0.335. The van der Waals surface area contributed by atoms with Gasteiger partial charge in [0, 0.05) is 37.1 Å². The minimum atomic E-state index is -0.209. The van der Waals surface area contributed by atoms with Crippen LogP contribution in [0, 0.1) is 5.41 Å². The lowest BCUT2D eigenvalue weighted by atomic mass is 9.86. The highest BCUT2D eigenvalue weighted by molar-refractivity contribution is 5.85. The molecule has 1 aliphatic heterocycles. The first kappa shape index (κ1) is 18.2. The van der Waals surface area contributed by atoms with Crippen LogP contribution in [0.2, 0.25) is 0 Å². The fraction of sp³-hybridized carbons (Fsp3) is 0.938. The van der Waals surface area contributed by atoms with Crippen molar-refractivity contribution in [2.24, 2.45) is 16.3 Å². The number of unbranched alkanes of at least 4 members (excludes halogenated alkanes) is 1. The third-order valence-electron chi connectivity index (χ3n) is 4.65. The summed E-state index contributed by atoms with van der Waals surface area (Å²) in [6, 6.07) is 0. The van der Waals surface area contributed by atoms with E-state index in [0.717, 1.165) is 19.4 Å². The molecule has 0 radical (unpaired) electrons. The smallest absolute Gasteiger partial charge is 0.144 e. The Kier molecular flexibility index (Phi) is 6.47. The molecule has 0 unspecified atom stereocenters. The number of hydrogen-bond acceptors (Lipinski definition) is 4. The Balaban J connectivity index is 2.21. The van der Waals surface area contributed by atoms with Crippen molar-refractivity contribution in [3.8, 4) is 0 Å². The summed E-state index contributed by atoms with van der Waals surface area (Å²) in [5, 5.41) is 11.9. The van der Waals surface area contributed by atoms with Gasteiger partial charge in [0.2, 0.25) is 0 Å². The van der Waals surface area contributed by atoms with E-state index < -0.39 is 0 Å². The van der Waals surface area contributed by atoms with Crippen LogP contribution in [-0.2, 0) is 0 Å². The van der Waals surface area contributed by atoms with Gasteiger partial charge in [-0.05, 0) is 40.2 Å². The Hall–Kier alpha value is -0.810. The van der Waals surface area contributed by atoms with E-state index in [-0.39, 0.29) is 11.0 Å². The molecule has 3 N–H and O–H groups in total. The fourth-order valence-corrected chi connectivity index (χ4v) is 2.81. The Labute approximate surface area is 130 Å². The van der Waals surface area contributed by atoms with Crippen molar-refractivity contribution in [2.75, 3.05) is 32.7 Å². The third kappa shape index (κ3) is 5.83. The van der Waals surface area contributed by atoms with Gasteiger partial charge in [0.25, 0.3) is 0 Å². The molecule has 5 heteroatoms. The van der Waals surface area contributed by atoms with Crippen molar-refractivity contribution >= 4 is 5.84 Å². The van der Waals surface area contributed by atoms with Gasteiger partial charge < -0.3 is 15.8 Å². The second-order valence-electron chi connectivity index (χ2n) is 7.83. The minimum absolute atomic E-state index is 0.209. The van der Waals surface area contributed by atoms with Crippen LogP contribution < -0.4 is 5.73 Å². The first-order valence-corrected chi connectivity index (χ1v) is 8.12. The number of amidine groups is 1. The molecule has 1 rings (SSSR count). The van der Waals surface area contributed by atoms with Crippen molar-refractivity contribution in [1.82, 2.24) is 9.80 Å². The molecule has 0 aromatic carbocycles. The topological polar surface area (TPSA) is 65.1 Å². The lowest BCUT2D eigenvalue weighted by molar-refractivity contribution is 0.0614. The molecule has 0 aromatic rings. The molecule has 0 aliphatic carbocycles. The molecule has 0 aromatic heterocycles. The first-order chi connectivity index (χ1) is 9.66. The number of piperazine rings is 1. The maximum atomic E-state index is 8.77. The van der Waals surface area contributed by atoms with Crippen LogP contribution in [0.4, 0.5) is 0 Å². The largest absolute Gasteiger partial charge is 0.409 e. The van der Waals surface area contributed by atoms with Gasteiger partial charge >= 0.3 is 0 Å². The molecule has 0 bridgehead atoms. The van der Waals surface area contributed by atoms with Crippen LogP contribution in [0.1, 0.15) is 53.9 Å². The van der Waals surface area contributed by atoms with E-state index in [1.165, 1.54) is 32.6 Å². The highest BCUT2D eigenvalue weighted by Crippen LogP contribution is 2.23.